The average molecular weight is 328 g/mol. The van der Waals surface area contributed by atoms with Gasteiger partial charge in [0.1, 0.15) is 0 Å². The summed E-state index contributed by atoms with van der Waals surface area (Å²) in [4.78, 5) is 0. The zero-order chi connectivity index (χ0) is 5.41. The maximum Gasteiger partial charge on any atom is 2.00 e. The van der Waals surface area contributed by atoms with E-state index >= 15 is 0 Å². The molecule has 0 radical (unpaired) electrons. The van der Waals surface area contributed by atoms with E-state index in [0.717, 1.165) is 0 Å². The van der Waals surface area contributed by atoms with Crippen LogP contribution in [0.15, 0.2) is 0 Å². The molecular formula is C2H3N3PtS2. The number of hydrogen-bond acceptors (Lipinski definition) is 3. The van der Waals surface area contributed by atoms with Crippen LogP contribution in [0, 0.1) is 0 Å². The predicted molar refractivity (Wildman–Crippen MR) is 36.9 cm³/mol. The molecule has 8 heavy (non-hydrogen) atoms. The smallest absolute Gasteiger partial charge is 0.753 e. The SMILES string of the molecule is N.[N-]=C=S.[N-]=C=S.[Pt+2]. The predicted octanol–water partition coefficient (Wildman–Crippen LogP) is 1.48. The van der Waals surface area contributed by atoms with Gasteiger partial charge in [-0.2, -0.15) is 10.3 Å². The van der Waals surface area contributed by atoms with Crippen LogP contribution in [0.1, 0.15) is 0 Å². The third-order valence-electron chi connectivity index (χ3n) is 0. The van der Waals surface area contributed by atoms with Gasteiger partial charge in [-0.15, -0.1) is 0 Å². The summed E-state index contributed by atoms with van der Waals surface area (Å²) >= 11 is 7.40. The normalized spacial score (nSPS) is 2.00. The minimum atomic E-state index is 0. The van der Waals surface area contributed by atoms with E-state index < -0.39 is 0 Å². The molecule has 0 bridgehead atoms. The Balaban J connectivity index is -0.0000000160. The zero-order valence-electron chi connectivity index (χ0n) is 3.73. The standard InChI is InChI=1S/2CNS.H3N.Pt/c2*2-1-3;;/h;;1H3;/q2*-1;;+2. The van der Waals surface area contributed by atoms with Crippen molar-refractivity contribution in [1.29, 1.82) is 0 Å². The van der Waals surface area contributed by atoms with Gasteiger partial charge in [0.05, 0.1) is 0 Å². The Labute approximate surface area is 72.7 Å². The molecule has 0 unspecified atom stereocenters. The number of isothiocyanates is 2. The van der Waals surface area contributed by atoms with E-state index in [4.69, 9.17) is 10.8 Å². The number of thiocarbonyl (C=S) groups is 2. The quantitative estimate of drug-likeness (QED) is 0.540. The van der Waals surface area contributed by atoms with Crippen LogP contribution in [0.2, 0.25) is 0 Å². The monoisotopic (exact) mass is 328 g/mol. The van der Waals surface area contributed by atoms with Gasteiger partial charge in [-0.25, -0.2) is 0 Å². The molecule has 0 fully saturated rings. The molecule has 3 nitrogen and oxygen atoms in total. The molecule has 0 aliphatic heterocycles. The first-order valence-corrected chi connectivity index (χ1v) is 1.67. The van der Waals surface area contributed by atoms with Crippen molar-refractivity contribution >= 4 is 34.8 Å². The van der Waals surface area contributed by atoms with Crippen LogP contribution in [0.3, 0.4) is 0 Å². The Kier molecular flexibility index (Phi) is 168. The summed E-state index contributed by atoms with van der Waals surface area (Å²) in [6.45, 7) is 0. The minimum absolute atomic E-state index is 0. The van der Waals surface area contributed by atoms with Crippen LogP contribution in [0.5, 0.6) is 0 Å². The van der Waals surface area contributed by atoms with Gasteiger partial charge in [0.15, 0.2) is 0 Å². The summed E-state index contributed by atoms with van der Waals surface area (Å²) < 4.78 is 0. The molecule has 0 spiro atoms. The number of hydrogen-bond donors (Lipinski definition) is 1. The first kappa shape index (κ1) is 24.0. The van der Waals surface area contributed by atoms with Gasteiger partial charge in [-0.1, -0.05) is 24.4 Å². The van der Waals surface area contributed by atoms with Crippen molar-refractivity contribution in [3.8, 4) is 0 Å². The van der Waals surface area contributed by atoms with Gasteiger partial charge in [-0.05, 0) is 0 Å². The molecule has 0 saturated carbocycles. The Bertz CT molecular complexity index is 69.3. The summed E-state index contributed by atoms with van der Waals surface area (Å²) in [5.74, 6) is 0. The Morgan fingerprint density at radius 3 is 1.00 bits per heavy atom. The Morgan fingerprint density at radius 1 is 1.00 bits per heavy atom. The molecule has 0 aromatic carbocycles. The van der Waals surface area contributed by atoms with E-state index in [-0.39, 0.29) is 27.2 Å². The maximum atomic E-state index is 7.13. The molecule has 48 valence electrons. The molecule has 0 aliphatic carbocycles. The van der Waals surface area contributed by atoms with E-state index in [1.54, 1.807) is 0 Å². The number of nitrogens with zero attached hydrogens (tertiary/aromatic N) is 2. The maximum absolute atomic E-state index is 7.13. The van der Waals surface area contributed by atoms with Crippen molar-refractivity contribution in [3.05, 3.63) is 10.8 Å². The first-order valence-electron chi connectivity index (χ1n) is 0.855. The van der Waals surface area contributed by atoms with Gasteiger partial charge in [0.25, 0.3) is 0 Å². The van der Waals surface area contributed by atoms with Crippen LogP contribution in [0.25, 0.3) is 10.8 Å². The Hall–Kier alpha value is 0.248. The fourth-order valence-electron chi connectivity index (χ4n) is 0. The van der Waals surface area contributed by atoms with E-state index in [0.29, 0.717) is 0 Å². The van der Waals surface area contributed by atoms with Gasteiger partial charge in [0, 0.05) is 0 Å². The van der Waals surface area contributed by atoms with Gasteiger partial charge >= 0.3 is 21.1 Å². The molecule has 0 atom stereocenters. The van der Waals surface area contributed by atoms with Crippen LogP contribution in [-0.4, -0.2) is 10.3 Å². The van der Waals surface area contributed by atoms with E-state index in [2.05, 4.69) is 24.4 Å². The zero-order valence-corrected chi connectivity index (χ0v) is 7.64. The summed E-state index contributed by atoms with van der Waals surface area (Å²) in [5, 5.41) is 16.9. The van der Waals surface area contributed by atoms with Gasteiger partial charge in [-0.3, -0.25) is 0 Å². The van der Waals surface area contributed by atoms with Crippen LogP contribution in [-0.2, 0) is 21.1 Å². The second-order valence-electron chi connectivity index (χ2n) is 0.183. The van der Waals surface area contributed by atoms with Gasteiger partial charge < -0.3 is 17.0 Å². The second-order valence-corrected chi connectivity index (χ2v) is 0.548. The van der Waals surface area contributed by atoms with Crippen LogP contribution < -0.4 is 6.15 Å². The summed E-state index contributed by atoms with van der Waals surface area (Å²) in [6, 6.07) is 0. The minimum Gasteiger partial charge on any atom is -0.753 e. The largest absolute Gasteiger partial charge is 2.00 e. The molecule has 0 aromatic rings. The van der Waals surface area contributed by atoms with Crippen molar-refractivity contribution < 1.29 is 21.1 Å². The first-order chi connectivity index (χ1) is 2.83. The molecular weight excluding hydrogens is 325 g/mol. The van der Waals surface area contributed by atoms with E-state index in [1.807, 2.05) is 0 Å². The number of rotatable bonds is 0. The molecule has 0 aromatic heterocycles. The third kappa shape index (κ3) is 2790. The summed E-state index contributed by atoms with van der Waals surface area (Å²) in [6.07, 6.45) is 0. The van der Waals surface area contributed by atoms with Crippen LogP contribution in [0.4, 0.5) is 0 Å². The molecule has 0 heterocycles. The van der Waals surface area contributed by atoms with E-state index in [9.17, 15) is 0 Å². The van der Waals surface area contributed by atoms with Gasteiger partial charge in [0.2, 0.25) is 0 Å². The molecule has 0 saturated heterocycles. The van der Waals surface area contributed by atoms with E-state index in [1.165, 1.54) is 10.3 Å². The molecule has 6 heteroatoms. The molecule has 0 rings (SSSR count). The van der Waals surface area contributed by atoms with Crippen molar-refractivity contribution in [2.75, 3.05) is 0 Å². The Morgan fingerprint density at radius 2 is 1.00 bits per heavy atom. The summed E-state index contributed by atoms with van der Waals surface area (Å²) in [5.41, 5.74) is 0. The summed E-state index contributed by atoms with van der Waals surface area (Å²) in [7, 11) is 0. The van der Waals surface area contributed by atoms with Crippen molar-refractivity contribution in [2.24, 2.45) is 0 Å². The fraction of sp³-hybridized carbons (Fsp3) is 0. The third-order valence-corrected chi connectivity index (χ3v) is 0. The fourth-order valence-corrected chi connectivity index (χ4v) is 0. The molecule has 0 amide bonds. The second kappa shape index (κ2) is 56.0. The van der Waals surface area contributed by atoms with Crippen molar-refractivity contribution in [1.82, 2.24) is 6.15 Å². The van der Waals surface area contributed by atoms with Crippen molar-refractivity contribution in [2.45, 2.75) is 0 Å². The van der Waals surface area contributed by atoms with Crippen molar-refractivity contribution in [3.63, 3.8) is 0 Å². The molecule has 0 aliphatic rings. The topological polar surface area (TPSA) is 79.6 Å². The van der Waals surface area contributed by atoms with Crippen LogP contribution >= 0.6 is 24.4 Å². The average Bonchev–Trinajstić information content (AvgIpc) is 1.39. The molecule has 3 N–H and O–H groups in total.